The Morgan fingerprint density at radius 1 is 1.53 bits per heavy atom. The highest BCUT2D eigenvalue weighted by Gasteiger charge is 2.23. The molecular formula is C14H23N5. The van der Waals surface area contributed by atoms with Gasteiger partial charge in [-0.2, -0.15) is 0 Å². The fraction of sp³-hybridized carbons (Fsp3) is 0.571. The van der Waals surface area contributed by atoms with Crippen molar-refractivity contribution < 1.29 is 0 Å². The van der Waals surface area contributed by atoms with Crippen molar-refractivity contribution in [2.24, 2.45) is 5.73 Å². The van der Waals surface area contributed by atoms with E-state index in [-0.39, 0.29) is 5.84 Å². The lowest BCUT2D eigenvalue weighted by Gasteiger charge is -2.39. The standard InChI is InChI=1S/C14H23N5/c1-3-12-10-19(8-7-18(12)2)9-11-5-4-6-17-13(11)14(15)16/h4-6,12H,3,7-10H2,1-2H3,(H3,15,16). The maximum atomic E-state index is 7.59. The minimum atomic E-state index is 0.0526. The molecule has 5 heteroatoms. The van der Waals surface area contributed by atoms with Crippen LogP contribution in [0, 0.1) is 5.41 Å². The minimum absolute atomic E-state index is 0.0526. The Morgan fingerprint density at radius 2 is 2.32 bits per heavy atom. The molecule has 0 bridgehead atoms. The molecule has 5 nitrogen and oxygen atoms in total. The lowest BCUT2D eigenvalue weighted by molar-refractivity contribution is 0.0883. The van der Waals surface area contributed by atoms with Gasteiger partial charge >= 0.3 is 0 Å². The number of amidine groups is 1. The molecule has 1 atom stereocenters. The number of rotatable bonds is 4. The van der Waals surface area contributed by atoms with E-state index in [1.807, 2.05) is 12.1 Å². The minimum Gasteiger partial charge on any atom is -0.382 e. The van der Waals surface area contributed by atoms with E-state index in [1.165, 1.54) is 6.42 Å². The van der Waals surface area contributed by atoms with Crippen molar-refractivity contribution in [3.63, 3.8) is 0 Å². The van der Waals surface area contributed by atoms with Crippen molar-refractivity contribution in [2.45, 2.75) is 25.9 Å². The Morgan fingerprint density at radius 3 is 3.00 bits per heavy atom. The van der Waals surface area contributed by atoms with Gasteiger partial charge in [0.25, 0.3) is 0 Å². The largest absolute Gasteiger partial charge is 0.382 e. The first-order chi connectivity index (χ1) is 9.11. The summed E-state index contributed by atoms with van der Waals surface area (Å²) in [5.74, 6) is 0.0526. The number of nitrogens with zero attached hydrogens (tertiary/aromatic N) is 3. The Hall–Kier alpha value is -1.46. The van der Waals surface area contributed by atoms with Gasteiger partial charge in [0.2, 0.25) is 0 Å². The fourth-order valence-corrected chi connectivity index (χ4v) is 2.64. The summed E-state index contributed by atoms with van der Waals surface area (Å²) in [5, 5.41) is 7.59. The highest BCUT2D eigenvalue weighted by molar-refractivity contribution is 5.94. The molecule has 1 aromatic heterocycles. The zero-order chi connectivity index (χ0) is 13.8. The van der Waals surface area contributed by atoms with E-state index < -0.39 is 0 Å². The van der Waals surface area contributed by atoms with Crippen LogP contribution in [-0.4, -0.2) is 53.3 Å². The summed E-state index contributed by atoms with van der Waals surface area (Å²) in [5.41, 5.74) is 7.26. The number of pyridine rings is 1. The summed E-state index contributed by atoms with van der Waals surface area (Å²) in [6.45, 7) is 6.27. The Labute approximate surface area is 114 Å². The van der Waals surface area contributed by atoms with Gasteiger partial charge in [-0.15, -0.1) is 0 Å². The summed E-state index contributed by atoms with van der Waals surface area (Å²) >= 11 is 0. The molecule has 19 heavy (non-hydrogen) atoms. The molecule has 1 unspecified atom stereocenters. The Kier molecular flexibility index (Phi) is 4.50. The summed E-state index contributed by atoms with van der Waals surface area (Å²) in [4.78, 5) is 9.06. The van der Waals surface area contributed by atoms with Crippen LogP contribution in [0.25, 0.3) is 0 Å². The van der Waals surface area contributed by atoms with Gasteiger partial charge < -0.3 is 10.6 Å². The molecule has 104 valence electrons. The molecule has 0 amide bonds. The molecule has 2 rings (SSSR count). The summed E-state index contributed by atoms with van der Waals surface area (Å²) in [6.07, 6.45) is 2.86. The molecule has 1 aliphatic rings. The quantitative estimate of drug-likeness (QED) is 0.624. The van der Waals surface area contributed by atoms with Crippen LogP contribution in [0.15, 0.2) is 18.3 Å². The van der Waals surface area contributed by atoms with Crippen molar-refractivity contribution in [2.75, 3.05) is 26.7 Å². The average molecular weight is 261 g/mol. The average Bonchev–Trinajstić information content (AvgIpc) is 2.41. The molecule has 0 spiro atoms. The normalized spacial score (nSPS) is 21.5. The number of hydrogen-bond donors (Lipinski definition) is 2. The van der Waals surface area contributed by atoms with E-state index in [2.05, 4.69) is 28.8 Å². The predicted octanol–water partition coefficient (Wildman–Crippen LogP) is 0.892. The first kappa shape index (κ1) is 14.0. The molecule has 3 N–H and O–H groups in total. The highest BCUT2D eigenvalue weighted by atomic mass is 15.3. The smallest absolute Gasteiger partial charge is 0.142 e. The number of aromatic nitrogens is 1. The molecule has 2 heterocycles. The zero-order valence-corrected chi connectivity index (χ0v) is 11.8. The topological polar surface area (TPSA) is 69.2 Å². The van der Waals surface area contributed by atoms with Crippen LogP contribution in [0.5, 0.6) is 0 Å². The van der Waals surface area contributed by atoms with E-state index in [4.69, 9.17) is 11.1 Å². The number of nitrogen functional groups attached to an aromatic ring is 1. The maximum absolute atomic E-state index is 7.59. The molecular weight excluding hydrogens is 238 g/mol. The third-order valence-electron chi connectivity index (χ3n) is 3.87. The number of hydrogen-bond acceptors (Lipinski definition) is 4. The van der Waals surface area contributed by atoms with Crippen molar-refractivity contribution in [1.82, 2.24) is 14.8 Å². The van der Waals surface area contributed by atoms with Gasteiger partial charge in [0.05, 0.1) is 0 Å². The van der Waals surface area contributed by atoms with Crippen LogP contribution < -0.4 is 5.73 Å². The summed E-state index contributed by atoms with van der Waals surface area (Å²) in [7, 11) is 2.19. The molecule has 0 aliphatic carbocycles. The third-order valence-corrected chi connectivity index (χ3v) is 3.87. The first-order valence-electron chi connectivity index (χ1n) is 6.82. The number of likely N-dealkylation sites (N-methyl/N-ethyl adjacent to an activating group) is 1. The number of nitrogens with two attached hydrogens (primary N) is 1. The van der Waals surface area contributed by atoms with Crippen molar-refractivity contribution >= 4 is 5.84 Å². The van der Waals surface area contributed by atoms with E-state index >= 15 is 0 Å². The Bertz CT molecular complexity index is 445. The molecule has 0 saturated carbocycles. The lowest BCUT2D eigenvalue weighted by Crippen LogP contribution is -2.50. The van der Waals surface area contributed by atoms with Crippen molar-refractivity contribution in [3.05, 3.63) is 29.6 Å². The van der Waals surface area contributed by atoms with Gasteiger partial charge in [-0.25, -0.2) is 0 Å². The highest BCUT2D eigenvalue weighted by Crippen LogP contribution is 2.15. The van der Waals surface area contributed by atoms with E-state index in [0.29, 0.717) is 11.7 Å². The van der Waals surface area contributed by atoms with Crippen LogP contribution in [0.3, 0.4) is 0 Å². The molecule has 1 saturated heterocycles. The van der Waals surface area contributed by atoms with Crippen LogP contribution in [0.4, 0.5) is 0 Å². The lowest BCUT2D eigenvalue weighted by atomic mass is 10.1. The molecule has 1 aliphatic heterocycles. The number of nitrogens with one attached hydrogen (secondary N) is 1. The van der Waals surface area contributed by atoms with Crippen molar-refractivity contribution in [3.8, 4) is 0 Å². The van der Waals surface area contributed by atoms with Crippen LogP contribution in [0.1, 0.15) is 24.6 Å². The fourth-order valence-electron chi connectivity index (χ4n) is 2.64. The van der Waals surface area contributed by atoms with E-state index in [0.717, 1.165) is 31.7 Å². The Balaban J connectivity index is 2.07. The van der Waals surface area contributed by atoms with Gasteiger partial charge in [0.1, 0.15) is 11.5 Å². The molecule has 1 aromatic rings. The van der Waals surface area contributed by atoms with Gasteiger partial charge in [-0.1, -0.05) is 13.0 Å². The SMILES string of the molecule is CCC1CN(Cc2cccnc2C(=N)N)CCN1C. The zero-order valence-electron chi connectivity index (χ0n) is 11.8. The van der Waals surface area contributed by atoms with Gasteiger partial charge in [0.15, 0.2) is 0 Å². The van der Waals surface area contributed by atoms with Crippen molar-refractivity contribution in [1.29, 1.82) is 5.41 Å². The first-order valence-corrected chi connectivity index (χ1v) is 6.82. The predicted molar refractivity (Wildman–Crippen MR) is 77.2 cm³/mol. The second-order valence-corrected chi connectivity index (χ2v) is 5.20. The summed E-state index contributed by atoms with van der Waals surface area (Å²) < 4.78 is 0. The second-order valence-electron chi connectivity index (χ2n) is 5.20. The van der Waals surface area contributed by atoms with E-state index in [1.54, 1.807) is 6.20 Å². The van der Waals surface area contributed by atoms with Crippen LogP contribution in [0.2, 0.25) is 0 Å². The summed E-state index contributed by atoms with van der Waals surface area (Å²) in [6, 6.07) is 4.55. The van der Waals surface area contributed by atoms with Gasteiger partial charge in [0, 0.05) is 38.4 Å². The van der Waals surface area contributed by atoms with Crippen LogP contribution in [-0.2, 0) is 6.54 Å². The molecule has 0 radical (unpaired) electrons. The van der Waals surface area contributed by atoms with Crippen LogP contribution >= 0.6 is 0 Å². The second kappa shape index (κ2) is 6.12. The maximum Gasteiger partial charge on any atom is 0.142 e. The molecule has 1 fully saturated rings. The molecule has 0 aromatic carbocycles. The number of piperazine rings is 1. The van der Waals surface area contributed by atoms with Gasteiger partial charge in [-0.05, 0) is 25.1 Å². The van der Waals surface area contributed by atoms with Gasteiger partial charge in [-0.3, -0.25) is 15.3 Å². The monoisotopic (exact) mass is 261 g/mol. The third kappa shape index (κ3) is 3.30. The van der Waals surface area contributed by atoms with E-state index in [9.17, 15) is 0 Å².